The molecule has 7 N–H and O–H groups in total. The number of benzene rings is 2. The number of thioether (sulfide) groups is 1. The van der Waals surface area contributed by atoms with E-state index in [0.29, 0.717) is 98.6 Å². The highest BCUT2D eigenvalue weighted by Gasteiger charge is 2.63. The SMILES string of the molecule is C=c1c(C)c(O)c(=C)c(C(C)(C)CC(=O)N(C)CCN(CCOCCOCCOCCC(=O)NCCCNC(=O)CC[C@H](C)[C@@H]2CC[C@@H]3[C@@H]4[C@@H](CC[C@]32C)[C@]2(C)CC[C@H](O)C[C@@H]2C[C@@H]4O)C(=O)Oc2ccc3nc(C4=NC(C(=O)O)CS4)sc3c2)c1O. The summed E-state index contributed by atoms with van der Waals surface area (Å²) < 4.78 is 23.7. The lowest BCUT2D eigenvalue weighted by Crippen LogP contribution is -2.58. The number of aliphatic imine (C=N–C) groups is 1. The van der Waals surface area contributed by atoms with Crippen molar-refractivity contribution in [2.45, 2.75) is 149 Å². The van der Waals surface area contributed by atoms with Crippen molar-refractivity contribution < 1.29 is 68.5 Å². The lowest BCUT2D eigenvalue weighted by molar-refractivity contribution is -0.174. The number of nitrogens with one attached hydrogen (secondary N) is 2. The van der Waals surface area contributed by atoms with Crippen LogP contribution in [0.5, 0.6) is 17.2 Å². The fraction of sp³-hybridized carbons (Fsp3) is 0.677. The van der Waals surface area contributed by atoms with Gasteiger partial charge in [-0.15, -0.1) is 23.1 Å². The van der Waals surface area contributed by atoms with Crippen LogP contribution >= 0.6 is 23.1 Å². The zero-order valence-electron chi connectivity index (χ0n) is 52.0. The van der Waals surface area contributed by atoms with Crippen LogP contribution in [0.3, 0.4) is 0 Å². The standard InChI is InChI=1S/C65H94N6O14S2/c1-38(45-13-14-46-55-47(18-21-65(45,46)8)64(7)20-17-43(72)33-42(64)34-50(55)73)11-16-52(74)66-22-10-23-67-53(75)19-27-82-29-31-84-32-30-83-28-26-71(25-24-70(9)54(76)36-63(5,6)56-41(4)57(77)39(2)40(3)58(56)78)62(81)85-44-12-15-48-51(35-44)87-60(68-48)59-69-49(37-86-59)61(79)80/h12,15,35,38,42-43,45-47,49-50,55,72-73,77-78H,3-4,10-11,13-14,16-34,36-37H2,1-2,5-9H3,(H,66,74)(H,67,75)(H,79,80)/t38-,42+,43-,45-,46+,47+,49?,50-,55+,64+,65-/m0/s1. The van der Waals surface area contributed by atoms with Gasteiger partial charge in [0.1, 0.15) is 27.3 Å². The van der Waals surface area contributed by atoms with Gasteiger partial charge in [0.05, 0.1) is 62.1 Å². The molecule has 1 aromatic heterocycles. The highest BCUT2D eigenvalue weighted by molar-refractivity contribution is 8.15. The van der Waals surface area contributed by atoms with Gasteiger partial charge in [0.15, 0.2) is 6.04 Å². The number of amides is 4. The molecule has 11 atom stereocenters. The maximum atomic E-state index is 13.8. The molecule has 4 amide bonds. The molecule has 3 aromatic rings. The minimum atomic E-state index is -0.996. The zero-order chi connectivity index (χ0) is 63.0. The van der Waals surface area contributed by atoms with Crippen molar-refractivity contribution in [3.05, 3.63) is 44.8 Å². The van der Waals surface area contributed by atoms with Crippen molar-refractivity contribution in [3.63, 3.8) is 0 Å². The summed E-state index contributed by atoms with van der Waals surface area (Å²) in [4.78, 5) is 76.3. The first-order valence-electron chi connectivity index (χ1n) is 31.2. The number of rotatable bonds is 29. The Hall–Kier alpha value is -5.36. The molecule has 0 spiro atoms. The van der Waals surface area contributed by atoms with E-state index in [9.17, 15) is 49.5 Å². The number of hydrogen-bond donors (Lipinski definition) is 7. The molecule has 22 heteroatoms. The summed E-state index contributed by atoms with van der Waals surface area (Å²) in [5.41, 5.74) is 0.801. The van der Waals surface area contributed by atoms with Crippen LogP contribution in [-0.2, 0) is 38.8 Å². The van der Waals surface area contributed by atoms with E-state index < -0.39 is 23.5 Å². The lowest BCUT2D eigenvalue weighted by Gasteiger charge is -2.62. The molecule has 0 radical (unpaired) electrons. The first-order chi connectivity index (χ1) is 41.3. The van der Waals surface area contributed by atoms with Crippen LogP contribution in [0.25, 0.3) is 23.4 Å². The van der Waals surface area contributed by atoms with Crippen molar-refractivity contribution in [2.75, 3.05) is 85.2 Å². The van der Waals surface area contributed by atoms with Crippen molar-refractivity contribution >= 4 is 81.3 Å². The summed E-state index contributed by atoms with van der Waals surface area (Å²) >= 11 is 2.64. The van der Waals surface area contributed by atoms with Gasteiger partial charge in [-0.2, -0.15) is 0 Å². The Labute approximate surface area is 519 Å². The number of ether oxygens (including phenoxy) is 4. The number of fused-ring (bicyclic) bond motifs is 6. The van der Waals surface area contributed by atoms with Gasteiger partial charge in [-0.05, 0) is 130 Å². The first kappa shape index (κ1) is 67.6. The number of phenolic OH excluding ortho intramolecular Hbond substituents is 2. The number of hydrogen-bond acceptors (Lipinski definition) is 17. The van der Waals surface area contributed by atoms with Gasteiger partial charge in [0, 0.05) is 97.8 Å². The molecule has 480 valence electrons. The van der Waals surface area contributed by atoms with E-state index in [-0.39, 0.29) is 141 Å². The third kappa shape index (κ3) is 16.0. The van der Waals surface area contributed by atoms with Gasteiger partial charge < -0.3 is 64.9 Å². The maximum absolute atomic E-state index is 13.8. The molecule has 0 bridgehead atoms. The number of phenols is 2. The van der Waals surface area contributed by atoms with Crippen LogP contribution in [0.1, 0.15) is 134 Å². The minimum absolute atomic E-state index is 0.0370. The van der Waals surface area contributed by atoms with Crippen molar-refractivity contribution in [1.82, 2.24) is 25.4 Å². The molecule has 0 saturated heterocycles. The second kappa shape index (κ2) is 29.5. The Kier molecular flexibility index (Phi) is 22.9. The molecular weight excluding hydrogens is 1150 g/mol. The molecule has 1 aliphatic heterocycles. The number of aliphatic carboxylic acids is 1. The molecule has 8 rings (SSSR count). The molecule has 20 nitrogen and oxygen atoms in total. The number of aliphatic hydroxyl groups excluding tert-OH is 2. The van der Waals surface area contributed by atoms with Crippen LogP contribution in [0, 0.1) is 53.3 Å². The minimum Gasteiger partial charge on any atom is -0.507 e. The monoisotopic (exact) mass is 1250 g/mol. The highest BCUT2D eigenvalue weighted by atomic mass is 32.2. The summed E-state index contributed by atoms with van der Waals surface area (Å²) in [6.07, 6.45) is 9.07. The first-order valence-corrected chi connectivity index (χ1v) is 33.0. The van der Waals surface area contributed by atoms with Gasteiger partial charge in [-0.3, -0.25) is 19.4 Å². The van der Waals surface area contributed by atoms with Gasteiger partial charge in [-0.25, -0.2) is 14.6 Å². The highest BCUT2D eigenvalue weighted by Crippen LogP contribution is 2.68. The van der Waals surface area contributed by atoms with E-state index >= 15 is 0 Å². The topological polar surface area (TPSA) is 279 Å². The predicted octanol–water partition coefficient (Wildman–Crippen LogP) is 6.88. The zero-order valence-corrected chi connectivity index (χ0v) is 53.7. The number of thiazole rings is 1. The largest absolute Gasteiger partial charge is 0.507 e. The number of carbonyl (C=O) groups excluding carboxylic acids is 4. The van der Waals surface area contributed by atoms with E-state index in [2.05, 4.69) is 54.5 Å². The Morgan fingerprint density at radius 1 is 0.839 bits per heavy atom. The molecule has 2 aromatic carbocycles. The summed E-state index contributed by atoms with van der Waals surface area (Å²) in [6.45, 7) is 22.9. The molecule has 5 aliphatic rings. The molecular formula is C65H94N6O14S2. The third-order valence-corrected chi connectivity index (χ3v) is 22.4. The van der Waals surface area contributed by atoms with Gasteiger partial charge >= 0.3 is 12.1 Å². The Morgan fingerprint density at radius 2 is 1.51 bits per heavy atom. The van der Waals surface area contributed by atoms with Crippen LogP contribution in [0.4, 0.5) is 4.79 Å². The number of aliphatic hydroxyl groups is 2. The van der Waals surface area contributed by atoms with Crippen molar-refractivity contribution in [2.24, 2.45) is 51.3 Å². The average molecular weight is 1250 g/mol. The summed E-state index contributed by atoms with van der Waals surface area (Å²) in [6, 6.07) is 4.18. The fourth-order valence-corrected chi connectivity index (χ4v) is 17.3. The van der Waals surface area contributed by atoms with E-state index in [1.54, 1.807) is 46.0 Å². The molecule has 87 heavy (non-hydrogen) atoms. The fourth-order valence-electron chi connectivity index (χ4n) is 15.2. The number of aromatic hydroxyl groups is 2. The second-order valence-electron chi connectivity index (χ2n) is 26.2. The number of likely N-dealkylation sites (N-methyl/N-ethyl adjacent to an activating group) is 1. The van der Waals surface area contributed by atoms with Crippen LogP contribution < -0.4 is 25.8 Å². The summed E-state index contributed by atoms with van der Waals surface area (Å²) in [5, 5.41) is 60.7. The van der Waals surface area contributed by atoms with E-state index in [4.69, 9.17) is 18.9 Å². The van der Waals surface area contributed by atoms with Crippen LogP contribution in [0.15, 0.2) is 23.2 Å². The third-order valence-electron chi connectivity index (χ3n) is 20.2. The molecule has 4 fully saturated rings. The number of carbonyl (C=O) groups is 5. The summed E-state index contributed by atoms with van der Waals surface area (Å²) in [5.74, 6) is 1.69. The molecule has 2 heterocycles. The molecule has 4 saturated carbocycles. The lowest BCUT2D eigenvalue weighted by atomic mass is 9.43. The predicted molar refractivity (Wildman–Crippen MR) is 336 cm³/mol. The Bertz CT molecular complexity index is 3090. The quantitative estimate of drug-likeness (QED) is 0.0276. The van der Waals surface area contributed by atoms with E-state index in [1.807, 2.05) is 0 Å². The maximum Gasteiger partial charge on any atom is 0.415 e. The summed E-state index contributed by atoms with van der Waals surface area (Å²) in [7, 11) is 1.62. The van der Waals surface area contributed by atoms with Crippen LogP contribution in [0.2, 0.25) is 0 Å². The Morgan fingerprint density at radius 3 is 2.21 bits per heavy atom. The smallest absolute Gasteiger partial charge is 0.415 e. The van der Waals surface area contributed by atoms with Crippen LogP contribution in [-0.4, -0.2) is 179 Å². The van der Waals surface area contributed by atoms with Crippen molar-refractivity contribution in [1.29, 1.82) is 0 Å². The normalized spacial score (nSPS) is 26.3. The number of aromatic nitrogens is 1. The van der Waals surface area contributed by atoms with Gasteiger partial charge in [0.2, 0.25) is 17.7 Å². The number of carboxylic acids is 1. The van der Waals surface area contributed by atoms with E-state index in [1.165, 1.54) is 39.3 Å². The van der Waals surface area contributed by atoms with Crippen molar-refractivity contribution in [3.8, 4) is 17.2 Å². The van der Waals surface area contributed by atoms with Gasteiger partial charge in [0.25, 0.3) is 0 Å². The van der Waals surface area contributed by atoms with E-state index in [0.717, 1.165) is 51.4 Å². The molecule has 4 aliphatic carbocycles. The molecule has 1 unspecified atom stereocenters. The number of carboxylic acid groups (broad SMARTS) is 1. The van der Waals surface area contributed by atoms with Gasteiger partial charge in [-0.1, -0.05) is 47.8 Å². The Balaban J connectivity index is 0.698. The average Bonchev–Trinajstić information content (AvgIpc) is 1.77. The number of nitrogens with zero attached hydrogens (tertiary/aromatic N) is 4. The second-order valence-corrected chi connectivity index (χ2v) is 28.3.